The van der Waals surface area contributed by atoms with Gasteiger partial charge in [-0.05, 0) is 24.6 Å². The Hall–Kier alpha value is -2.57. The first kappa shape index (κ1) is 20.2. The Morgan fingerprint density at radius 2 is 1.75 bits per heavy atom. The molecule has 1 saturated heterocycles. The van der Waals surface area contributed by atoms with Crippen molar-refractivity contribution in [3.8, 4) is 11.8 Å². The number of nitrogens with zero attached hydrogens (tertiary/aromatic N) is 1. The number of rotatable bonds is 4. The number of likely N-dealkylation sites (tertiary alicyclic amines) is 1. The molecule has 3 rings (SSSR count). The van der Waals surface area contributed by atoms with E-state index in [-0.39, 0.29) is 17.9 Å². The highest BCUT2D eigenvalue weighted by Crippen LogP contribution is 2.43. The lowest BCUT2D eigenvalue weighted by atomic mass is 9.74. The van der Waals surface area contributed by atoms with E-state index in [1.165, 1.54) is 0 Å². The largest absolute Gasteiger partial charge is 0.454 e. The van der Waals surface area contributed by atoms with Crippen LogP contribution in [-0.4, -0.2) is 30.0 Å². The maximum Gasteiger partial charge on any atom is 0.306 e. The number of esters is 1. The summed E-state index contributed by atoms with van der Waals surface area (Å²) in [6.07, 6.45) is 1.17. The minimum absolute atomic E-state index is 0.139. The van der Waals surface area contributed by atoms with Crippen LogP contribution in [0, 0.1) is 17.8 Å². The highest BCUT2D eigenvalue weighted by Gasteiger charge is 2.47. The summed E-state index contributed by atoms with van der Waals surface area (Å²) in [6, 6.07) is 20.5. The van der Waals surface area contributed by atoms with Crippen LogP contribution < -0.4 is 0 Å². The second-order valence-electron chi connectivity index (χ2n) is 7.63. The third-order valence-electron chi connectivity index (χ3n) is 5.66. The summed E-state index contributed by atoms with van der Waals surface area (Å²) >= 11 is 0. The molecule has 146 valence electrons. The summed E-state index contributed by atoms with van der Waals surface area (Å²) in [4.78, 5) is 14.7. The van der Waals surface area contributed by atoms with Gasteiger partial charge in [0.2, 0.25) is 0 Å². The van der Waals surface area contributed by atoms with Crippen molar-refractivity contribution in [3.05, 3.63) is 71.8 Å². The van der Waals surface area contributed by atoms with Gasteiger partial charge in [-0.1, -0.05) is 74.2 Å². The van der Waals surface area contributed by atoms with Gasteiger partial charge in [-0.15, -0.1) is 0 Å². The predicted octanol–water partition coefficient (Wildman–Crippen LogP) is 4.62. The van der Waals surface area contributed by atoms with E-state index in [1.54, 1.807) is 0 Å². The van der Waals surface area contributed by atoms with Crippen molar-refractivity contribution in [2.75, 3.05) is 13.1 Å². The van der Waals surface area contributed by atoms with Gasteiger partial charge in [0.05, 0.1) is 6.54 Å². The summed E-state index contributed by atoms with van der Waals surface area (Å²) in [7, 11) is 0. The molecule has 1 heterocycles. The minimum atomic E-state index is -0.572. The minimum Gasteiger partial charge on any atom is -0.454 e. The summed E-state index contributed by atoms with van der Waals surface area (Å²) in [5.74, 6) is 6.60. The summed E-state index contributed by atoms with van der Waals surface area (Å²) in [6.45, 7) is 7.79. The zero-order valence-electron chi connectivity index (χ0n) is 17.0. The number of piperidine rings is 1. The summed E-state index contributed by atoms with van der Waals surface area (Å²) < 4.78 is 6.12. The molecule has 3 unspecified atom stereocenters. The molecule has 1 fully saturated rings. The number of hydrogen-bond acceptors (Lipinski definition) is 3. The van der Waals surface area contributed by atoms with Crippen molar-refractivity contribution in [3.63, 3.8) is 0 Å². The van der Waals surface area contributed by atoms with Gasteiger partial charge >= 0.3 is 5.97 Å². The van der Waals surface area contributed by atoms with Crippen LogP contribution in [0.5, 0.6) is 0 Å². The Bertz CT molecular complexity index is 837. The van der Waals surface area contributed by atoms with E-state index >= 15 is 0 Å². The zero-order valence-corrected chi connectivity index (χ0v) is 17.0. The second kappa shape index (κ2) is 9.08. The van der Waals surface area contributed by atoms with Crippen LogP contribution in [0.25, 0.3) is 0 Å². The van der Waals surface area contributed by atoms with E-state index in [9.17, 15) is 4.79 Å². The Balaban J connectivity index is 1.79. The Kier molecular flexibility index (Phi) is 6.54. The second-order valence-corrected chi connectivity index (χ2v) is 7.63. The van der Waals surface area contributed by atoms with E-state index in [0.717, 1.165) is 24.1 Å². The van der Waals surface area contributed by atoms with Gasteiger partial charge < -0.3 is 4.74 Å². The molecule has 2 aromatic rings. The van der Waals surface area contributed by atoms with Crippen molar-refractivity contribution in [1.82, 2.24) is 4.90 Å². The summed E-state index contributed by atoms with van der Waals surface area (Å²) in [5, 5.41) is 0. The Labute approximate surface area is 168 Å². The molecule has 0 aliphatic carbocycles. The molecule has 2 aromatic carbocycles. The fraction of sp³-hybridized carbons (Fsp3) is 0.400. The van der Waals surface area contributed by atoms with Crippen LogP contribution in [0.4, 0.5) is 0 Å². The fourth-order valence-corrected chi connectivity index (χ4v) is 4.03. The van der Waals surface area contributed by atoms with Gasteiger partial charge in [0.15, 0.2) is 0 Å². The first-order chi connectivity index (χ1) is 13.5. The van der Waals surface area contributed by atoms with Crippen molar-refractivity contribution >= 4 is 5.97 Å². The van der Waals surface area contributed by atoms with E-state index in [0.29, 0.717) is 13.0 Å². The van der Waals surface area contributed by atoms with Gasteiger partial charge in [0, 0.05) is 36.9 Å². The van der Waals surface area contributed by atoms with Crippen LogP contribution in [0.2, 0.25) is 0 Å². The normalized spacial score (nSPS) is 24.8. The lowest BCUT2D eigenvalue weighted by Gasteiger charge is -2.49. The first-order valence-electron chi connectivity index (χ1n) is 10.1. The third kappa shape index (κ3) is 4.46. The number of hydrogen-bond donors (Lipinski definition) is 0. The van der Waals surface area contributed by atoms with Crippen molar-refractivity contribution in [2.45, 2.75) is 45.3 Å². The van der Waals surface area contributed by atoms with Gasteiger partial charge in [0.1, 0.15) is 5.60 Å². The van der Waals surface area contributed by atoms with Crippen molar-refractivity contribution in [2.24, 2.45) is 5.92 Å². The molecule has 1 aliphatic rings. The van der Waals surface area contributed by atoms with Gasteiger partial charge in [-0.25, -0.2) is 0 Å². The Morgan fingerprint density at radius 3 is 2.39 bits per heavy atom. The van der Waals surface area contributed by atoms with Crippen molar-refractivity contribution < 1.29 is 9.53 Å². The van der Waals surface area contributed by atoms with Crippen LogP contribution in [-0.2, 0) is 15.1 Å². The smallest absolute Gasteiger partial charge is 0.306 e. The van der Waals surface area contributed by atoms with E-state index in [1.807, 2.05) is 55.5 Å². The van der Waals surface area contributed by atoms with Gasteiger partial charge in [-0.3, -0.25) is 9.69 Å². The average molecular weight is 376 g/mol. The lowest BCUT2D eigenvalue weighted by Crippen LogP contribution is -2.54. The van der Waals surface area contributed by atoms with E-state index in [4.69, 9.17) is 4.74 Å². The molecule has 0 N–H and O–H groups in total. The number of carbonyl (C=O) groups excluding carboxylic acids is 1. The molecular formula is C25H29NO2. The molecule has 0 radical (unpaired) electrons. The van der Waals surface area contributed by atoms with E-state index in [2.05, 4.69) is 42.7 Å². The number of carbonyl (C=O) groups is 1. The van der Waals surface area contributed by atoms with Gasteiger partial charge in [-0.2, -0.15) is 0 Å². The average Bonchev–Trinajstić information content (AvgIpc) is 2.72. The molecule has 0 aromatic heterocycles. The van der Waals surface area contributed by atoms with Crippen LogP contribution in [0.15, 0.2) is 60.7 Å². The highest BCUT2D eigenvalue weighted by atomic mass is 16.6. The summed E-state index contributed by atoms with van der Waals surface area (Å²) in [5.41, 5.74) is 1.55. The maximum absolute atomic E-state index is 12.3. The molecule has 0 bridgehead atoms. The zero-order chi connectivity index (χ0) is 20.0. The van der Waals surface area contributed by atoms with Crippen LogP contribution >= 0.6 is 0 Å². The van der Waals surface area contributed by atoms with Gasteiger partial charge in [0.25, 0.3) is 0 Å². The lowest BCUT2D eigenvalue weighted by molar-refractivity contribution is -0.178. The molecule has 0 spiro atoms. The van der Waals surface area contributed by atoms with Crippen LogP contribution in [0.1, 0.15) is 44.7 Å². The fourth-order valence-electron chi connectivity index (χ4n) is 4.03. The molecule has 3 heteroatoms. The SMILES string of the molecule is CCC(=O)OC1(c2ccccc2)CC(C)N(CC#Cc2ccccc2)CC1C. The predicted molar refractivity (Wildman–Crippen MR) is 113 cm³/mol. The van der Waals surface area contributed by atoms with Crippen molar-refractivity contribution in [1.29, 1.82) is 0 Å². The molecule has 28 heavy (non-hydrogen) atoms. The number of ether oxygens (including phenoxy) is 1. The molecule has 0 amide bonds. The first-order valence-corrected chi connectivity index (χ1v) is 10.1. The molecule has 3 nitrogen and oxygen atoms in total. The Morgan fingerprint density at radius 1 is 1.11 bits per heavy atom. The standard InChI is InChI=1S/C25H29NO2/c1-4-24(27)28-25(23-15-9-6-10-16-23)18-21(3)26(19-20(25)2)17-11-14-22-12-7-5-8-13-22/h5-10,12-13,15-16,20-21H,4,17-19H2,1-3H3. The topological polar surface area (TPSA) is 29.5 Å². The quantitative estimate of drug-likeness (QED) is 0.577. The molecule has 1 aliphatic heterocycles. The van der Waals surface area contributed by atoms with Crippen LogP contribution in [0.3, 0.4) is 0 Å². The monoisotopic (exact) mass is 375 g/mol. The highest BCUT2D eigenvalue weighted by molar-refractivity contribution is 5.69. The molecule has 3 atom stereocenters. The van der Waals surface area contributed by atoms with E-state index < -0.39 is 5.60 Å². The molecular weight excluding hydrogens is 346 g/mol. The molecule has 0 saturated carbocycles. The number of benzene rings is 2. The third-order valence-corrected chi connectivity index (χ3v) is 5.66. The maximum atomic E-state index is 12.3.